The average molecular weight is 588 g/mol. The minimum absolute atomic E-state index is 0.0319. The fourth-order valence-electron chi connectivity index (χ4n) is 2.89. The van der Waals surface area contributed by atoms with E-state index in [1.165, 1.54) is 0 Å². The van der Waals surface area contributed by atoms with Crippen molar-refractivity contribution >= 4 is 52.2 Å². The first kappa shape index (κ1) is 28.3. The van der Waals surface area contributed by atoms with Crippen molar-refractivity contribution in [3.8, 4) is 5.88 Å². The van der Waals surface area contributed by atoms with Gasteiger partial charge in [0.2, 0.25) is 11.8 Å². The maximum Gasteiger partial charge on any atom is 0.490 e. The average Bonchev–Trinajstić information content (AvgIpc) is 3.17. The van der Waals surface area contributed by atoms with Crippen molar-refractivity contribution in [2.45, 2.75) is 30.5 Å². The molecule has 0 aliphatic carbocycles. The lowest BCUT2D eigenvalue weighted by Gasteiger charge is -2.22. The minimum atomic E-state index is -5.79. The number of phosphoric ester groups is 1. The van der Waals surface area contributed by atoms with Crippen molar-refractivity contribution in [3.05, 3.63) is 6.33 Å². The predicted molar refractivity (Wildman–Crippen MR) is 110 cm³/mol. The molecule has 0 spiro atoms. The highest BCUT2D eigenvalue weighted by atomic mass is 35.5. The number of hydrogen-bond acceptors (Lipinski definition) is 13. The van der Waals surface area contributed by atoms with Crippen molar-refractivity contribution in [2.24, 2.45) is 0 Å². The lowest BCUT2D eigenvalue weighted by molar-refractivity contribution is -0.0473. The van der Waals surface area contributed by atoms with Gasteiger partial charge in [0, 0.05) is 0 Å². The summed E-state index contributed by atoms with van der Waals surface area (Å²) in [6.07, 6.45) is -4.83. The second kappa shape index (κ2) is 9.87. The lowest BCUT2D eigenvalue weighted by Crippen LogP contribution is -2.38. The van der Waals surface area contributed by atoms with Gasteiger partial charge in [-0.2, -0.15) is 18.6 Å². The summed E-state index contributed by atoms with van der Waals surface area (Å²) in [7, 11) is -17.0. The van der Waals surface area contributed by atoms with Crippen LogP contribution in [0.5, 0.6) is 5.88 Å². The van der Waals surface area contributed by atoms with E-state index in [0.717, 1.165) is 10.9 Å². The number of anilines is 1. The highest BCUT2D eigenvalue weighted by Crippen LogP contribution is 2.66. The molecule has 35 heavy (non-hydrogen) atoms. The molecule has 0 aromatic carbocycles. The molecule has 1 aliphatic heterocycles. The third-order valence-corrected chi connectivity index (χ3v) is 8.35. The Labute approximate surface area is 199 Å². The first-order chi connectivity index (χ1) is 16.0. The van der Waals surface area contributed by atoms with Gasteiger partial charge in [-0.25, -0.2) is 23.1 Å². The summed E-state index contributed by atoms with van der Waals surface area (Å²) >= 11 is 5.83. The first-order valence-corrected chi connectivity index (χ1v) is 14.0. The Morgan fingerprint density at radius 2 is 1.89 bits per heavy atom. The van der Waals surface area contributed by atoms with Crippen molar-refractivity contribution in [1.29, 1.82) is 0 Å². The minimum Gasteiger partial charge on any atom is -0.476 e. The molecular weight excluding hydrogens is 570 g/mol. The van der Waals surface area contributed by atoms with Crippen molar-refractivity contribution in [3.63, 3.8) is 0 Å². The quantitative estimate of drug-likeness (QED) is 0.161. The van der Waals surface area contributed by atoms with Crippen LogP contribution in [0.25, 0.3) is 11.2 Å². The second-order valence-corrected chi connectivity index (χ2v) is 11.7. The SMILES string of the molecule is CCOc1nc(N)nc2c1ncn2[C@@H]1O[C@H](COP(=O)(O)OP(=O)(O)OP(=O)(O)O)[C@@H](O)[C@@]1(F)Cl. The number of rotatable bonds is 10. The number of nitrogen functional groups attached to an aromatic ring is 1. The maximum absolute atomic E-state index is 15.3. The number of nitrogens with two attached hydrogens (primary N) is 1. The van der Waals surface area contributed by atoms with Crippen molar-refractivity contribution < 1.29 is 65.4 Å². The van der Waals surface area contributed by atoms with E-state index in [-0.39, 0.29) is 29.6 Å². The summed E-state index contributed by atoms with van der Waals surface area (Å²) in [5.74, 6) is -0.306. The first-order valence-electron chi connectivity index (χ1n) is 9.08. The van der Waals surface area contributed by atoms with Gasteiger partial charge in [-0.05, 0) is 6.92 Å². The zero-order valence-corrected chi connectivity index (χ0v) is 20.6. The summed E-state index contributed by atoms with van der Waals surface area (Å²) in [6.45, 7) is 0.682. The number of phosphoric acid groups is 3. The van der Waals surface area contributed by atoms with Crippen LogP contribution in [0, 0.1) is 0 Å². The molecule has 6 atom stereocenters. The highest BCUT2D eigenvalue weighted by Gasteiger charge is 2.58. The van der Waals surface area contributed by atoms with Crippen LogP contribution >= 0.6 is 35.1 Å². The fraction of sp³-hybridized carbons (Fsp3) is 0.583. The van der Waals surface area contributed by atoms with Crippen LogP contribution in [0.4, 0.5) is 10.3 Å². The van der Waals surface area contributed by atoms with Crippen molar-refractivity contribution in [2.75, 3.05) is 18.9 Å². The number of aliphatic hydroxyl groups is 1. The Kier molecular flexibility index (Phi) is 7.97. The van der Waals surface area contributed by atoms with E-state index in [2.05, 4.69) is 28.1 Å². The van der Waals surface area contributed by atoms with E-state index < -0.39 is 53.6 Å². The standard InChI is InChI=1S/C12H18ClFN5O13P3/c1-2-28-9-6-8(17-11(15)18-9)19(4-16-6)10-12(13,14)7(20)5(30-10)3-29-34(24,25)32-35(26,27)31-33(21,22)23/h4-5,7,10,20H,2-3H2,1H3,(H,24,25)(H,26,27)(H2,15,17,18)(H2,21,22,23)/t5-,7-,10-,12+/m1/s1. The Balaban J connectivity index is 1.80. The summed E-state index contributed by atoms with van der Waals surface area (Å²) in [5, 5.41) is 7.17. The van der Waals surface area contributed by atoms with E-state index in [9.17, 15) is 23.7 Å². The molecule has 1 fully saturated rings. The van der Waals surface area contributed by atoms with Crippen LogP contribution in [-0.2, 0) is 31.6 Å². The third-order valence-electron chi connectivity index (χ3n) is 4.14. The second-order valence-electron chi connectivity index (χ2n) is 6.68. The molecule has 0 saturated carbocycles. The normalized spacial score (nSPS) is 28.6. The molecule has 2 unspecified atom stereocenters. The highest BCUT2D eigenvalue weighted by molar-refractivity contribution is 7.66. The molecule has 1 saturated heterocycles. The van der Waals surface area contributed by atoms with E-state index in [1.54, 1.807) is 6.92 Å². The molecule has 18 nitrogen and oxygen atoms in total. The zero-order valence-electron chi connectivity index (χ0n) is 17.2. The summed E-state index contributed by atoms with van der Waals surface area (Å²) in [4.78, 5) is 47.5. The Bertz CT molecular complexity index is 1240. The number of nitrogens with zero attached hydrogens (tertiary/aromatic N) is 4. The molecule has 0 radical (unpaired) electrons. The number of fused-ring (bicyclic) bond motifs is 1. The van der Waals surface area contributed by atoms with Gasteiger partial charge in [0.25, 0.3) is 5.13 Å². The van der Waals surface area contributed by atoms with Crippen LogP contribution in [0.3, 0.4) is 0 Å². The Morgan fingerprint density at radius 3 is 2.49 bits per heavy atom. The molecule has 0 bridgehead atoms. The monoisotopic (exact) mass is 587 g/mol. The summed E-state index contributed by atoms with van der Waals surface area (Å²) in [6, 6.07) is 0. The van der Waals surface area contributed by atoms with Crippen LogP contribution in [-0.4, -0.2) is 74.7 Å². The summed E-state index contributed by atoms with van der Waals surface area (Å²) in [5.41, 5.74) is 5.58. The zero-order chi connectivity index (χ0) is 26.4. The van der Waals surface area contributed by atoms with Crippen LogP contribution < -0.4 is 10.5 Å². The van der Waals surface area contributed by atoms with Crippen LogP contribution in [0.15, 0.2) is 6.33 Å². The van der Waals surface area contributed by atoms with Gasteiger partial charge in [-0.15, -0.1) is 0 Å². The Morgan fingerprint density at radius 1 is 1.23 bits per heavy atom. The predicted octanol–water partition coefficient (Wildman–Crippen LogP) is 0.313. The van der Waals surface area contributed by atoms with E-state index >= 15 is 4.39 Å². The van der Waals surface area contributed by atoms with Gasteiger partial charge in [0.05, 0.1) is 19.5 Å². The fourth-order valence-corrected chi connectivity index (χ4v) is 6.22. The summed E-state index contributed by atoms with van der Waals surface area (Å²) < 4.78 is 72.2. The molecule has 1 aliphatic rings. The van der Waals surface area contributed by atoms with Crippen molar-refractivity contribution in [1.82, 2.24) is 19.5 Å². The lowest BCUT2D eigenvalue weighted by atomic mass is 10.1. The maximum atomic E-state index is 15.3. The van der Waals surface area contributed by atoms with Gasteiger partial charge >= 0.3 is 23.5 Å². The van der Waals surface area contributed by atoms with E-state index in [1.807, 2.05) is 0 Å². The smallest absolute Gasteiger partial charge is 0.476 e. The van der Waals surface area contributed by atoms with Crippen LogP contribution in [0.1, 0.15) is 13.2 Å². The van der Waals surface area contributed by atoms with Crippen LogP contribution in [0.2, 0.25) is 0 Å². The number of ether oxygens (including phenoxy) is 2. The molecule has 0 amide bonds. The number of imidazole rings is 1. The molecule has 198 valence electrons. The number of halogens is 2. The number of alkyl halides is 2. The van der Waals surface area contributed by atoms with Gasteiger partial charge in [-0.3, -0.25) is 9.09 Å². The topological polar surface area (TPSA) is 268 Å². The Hall–Kier alpha value is -1.30. The van der Waals surface area contributed by atoms with Gasteiger partial charge in [-0.1, -0.05) is 11.6 Å². The largest absolute Gasteiger partial charge is 0.490 e. The third kappa shape index (κ3) is 6.53. The van der Waals surface area contributed by atoms with E-state index in [4.69, 9.17) is 41.5 Å². The molecule has 3 heterocycles. The van der Waals surface area contributed by atoms with E-state index in [0.29, 0.717) is 0 Å². The number of hydrogen-bond donors (Lipinski definition) is 6. The van der Waals surface area contributed by atoms with Gasteiger partial charge in [0.15, 0.2) is 17.4 Å². The molecule has 3 rings (SSSR count). The molecule has 2 aromatic rings. The molecule has 2 aromatic heterocycles. The molecule has 7 N–H and O–H groups in total. The number of aromatic nitrogens is 4. The van der Waals surface area contributed by atoms with Gasteiger partial charge in [0.1, 0.15) is 12.2 Å². The molecule has 23 heteroatoms. The molecular formula is C12H18ClFN5O13P3. The number of aliphatic hydroxyl groups excluding tert-OH is 1. The van der Waals surface area contributed by atoms with Gasteiger partial charge < -0.3 is 39.9 Å².